The highest BCUT2D eigenvalue weighted by atomic mass is 35.5. The van der Waals surface area contributed by atoms with Crippen molar-refractivity contribution in [3.63, 3.8) is 0 Å². The molecule has 19 heavy (non-hydrogen) atoms. The number of halogens is 4. The summed E-state index contributed by atoms with van der Waals surface area (Å²) >= 11 is 5.88. The average Bonchev–Trinajstić information content (AvgIpc) is 2.26. The van der Waals surface area contributed by atoms with Gasteiger partial charge in [-0.2, -0.15) is 13.2 Å². The number of benzene rings is 1. The van der Waals surface area contributed by atoms with Gasteiger partial charge in [0.1, 0.15) is 5.75 Å². The fraction of sp³-hybridized carbons (Fsp3) is 0.538. The molecule has 0 aliphatic carbocycles. The highest BCUT2D eigenvalue weighted by Gasteiger charge is 2.28. The van der Waals surface area contributed by atoms with Gasteiger partial charge in [0.25, 0.3) is 0 Å². The Morgan fingerprint density at radius 3 is 2.53 bits per heavy atom. The molecule has 0 fully saturated rings. The van der Waals surface area contributed by atoms with E-state index in [0.29, 0.717) is 12.5 Å². The molecule has 1 N–H and O–H groups in total. The van der Waals surface area contributed by atoms with Crippen LogP contribution in [0.2, 0.25) is 5.02 Å². The van der Waals surface area contributed by atoms with Gasteiger partial charge in [0.05, 0.1) is 5.02 Å². The van der Waals surface area contributed by atoms with E-state index >= 15 is 0 Å². The van der Waals surface area contributed by atoms with E-state index in [2.05, 4.69) is 23.9 Å². The highest BCUT2D eigenvalue weighted by molar-refractivity contribution is 6.32. The Hall–Kier alpha value is -0.940. The number of alkyl halides is 3. The maximum absolute atomic E-state index is 12.0. The summed E-state index contributed by atoms with van der Waals surface area (Å²) in [4.78, 5) is 0. The molecule has 0 saturated heterocycles. The van der Waals surface area contributed by atoms with Crippen molar-refractivity contribution in [3.05, 3.63) is 28.8 Å². The molecule has 0 radical (unpaired) electrons. The summed E-state index contributed by atoms with van der Waals surface area (Å²) in [5.41, 5.74) is 0.907. The molecule has 0 aliphatic rings. The van der Waals surface area contributed by atoms with Crippen molar-refractivity contribution in [1.82, 2.24) is 5.32 Å². The van der Waals surface area contributed by atoms with Gasteiger partial charge in [-0.15, -0.1) is 0 Å². The number of ether oxygens (including phenoxy) is 1. The van der Waals surface area contributed by atoms with Crippen molar-refractivity contribution in [1.29, 1.82) is 0 Å². The van der Waals surface area contributed by atoms with Crippen LogP contribution in [0.15, 0.2) is 18.2 Å². The second-order valence-electron chi connectivity index (χ2n) is 4.69. The largest absolute Gasteiger partial charge is 0.483 e. The molecular formula is C13H17ClF3NO. The third-order valence-corrected chi connectivity index (χ3v) is 2.56. The van der Waals surface area contributed by atoms with Crippen LogP contribution < -0.4 is 10.1 Å². The minimum atomic E-state index is -4.36. The average molecular weight is 296 g/mol. The smallest absolute Gasteiger partial charge is 0.422 e. The van der Waals surface area contributed by atoms with Crippen LogP contribution in [0.5, 0.6) is 5.75 Å². The number of hydrogen-bond donors (Lipinski definition) is 1. The molecule has 0 aliphatic heterocycles. The van der Waals surface area contributed by atoms with Gasteiger partial charge in [0.2, 0.25) is 0 Å². The molecule has 0 aromatic heterocycles. The van der Waals surface area contributed by atoms with Crippen LogP contribution in [0.1, 0.15) is 19.4 Å². The SMILES string of the molecule is CC(C)CNCc1ccc(OCC(F)(F)F)c(Cl)c1. The maximum Gasteiger partial charge on any atom is 0.422 e. The zero-order valence-corrected chi connectivity index (χ0v) is 11.6. The second-order valence-corrected chi connectivity index (χ2v) is 5.10. The van der Waals surface area contributed by atoms with Crippen molar-refractivity contribution in [2.24, 2.45) is 5.92 Å². The van der Waals surface area contributed by atoms with Gasteiger partial charge in [-0.1, -0.05) is 31.5 Å². The van der Waals surface area contributed by atoms with Gasteiger partial charge in [0.15, 0.2) is 6.61 Å². The second kappa shape index (κ2) is 7.01. The highest BCUT2D eigenvalue weighted by Crippen LogP contribution is 2.27. The third kappa shape index (κ3) is 6.68. The van der Waals surface area contributed by atoms with Crippen LogP contribution in [-0.2, 0) is 6.54 Å². The van der Waals surface area contributed by atoms with Crippen LogP contribution in [0.3, 0.4) is 0 Å². The summed E-state index contributed by atoms with van der Waals surface area (Å²) in [5.74, 6) is 0.580. The van der Waals surface area contributed by atoms with Crippen molar-refractivity contribution in [3.8, 4) is 5.75 Å². The van der Waals surface area contributed by atoms with Gasteiger partial charge in [-0.25, -0.2) is 0 Å². The van der Waals surface area contributed by atoms with Crippen LogP contribution >= 0.6 is 11.6 Å². The molecule has 0 atom stereocenters. The van der Waals surface area contributed by atoms with Gasteiger partial charge >= 0.3 is 6.18 Å². The summed E-state index contributed by atoms with van der Waals surface area (Å²) in [6.07, 6.45) is -4.36. The van der Waals surface area contributed by atoms with Crippen molar-refractivity contribution in [2.45, 2.75) is 26.6 Å². The lowest BCUT2D eigenvalue weighted by molar-refractivity contribution is -0.153. The Morgan fingerprint density at radius 2 is 2.00 bits per heavy atom. The van der Waals surface area contributed by atoms with E-state index in [1.54, 1.807) is 12.1 Å². The zero-order valence-electron chi connectivity index (χ0n) is 10.9. The third-order valence-electron chi connectivity index (χ3n) is 2.27. The van der Waals surface area contributed by atoms with Crippen LogP contribution in [0, 0.1) is 5.92 Å². The predicted octanol–water partition coefficient (Wildman–Crippen LogP) is 4.03. The van der Waals surface area contributed by atoms with E-state index in [-0.39, 0.29) is 10.8 Å². The molecule has 2 nitrogen and oxygen atoms in total. The van der Waals surface area contributed by atoms with E-state index in [9.17, 15) is 13.2 Å². The molecule has 108 valence electrons. The molecule has 0 amide bonds. The molecule has 1 rings (SSSR count). The summed E-state index contributed by atoms with van der Waals surface area (Å²) in [6, 6.07) is 4.77. The Bertz CT molecular complexity index is 407. The van der Waals surface area contributed by atoms with E-state index in [4.69, 9.17) is 11.6 Å². The molecule has 0 unspecified atom stereocenters. The Balaban J connectivity index is 2.54. The summed E-state index contributed by atoms with van der Waals surface area (Å²) in [7, 11) is 0. The van der Waals surface area contributed by atoms with Crippen LogP contribution in [0.4, 0.5) is 13.2 Å². The lowest BCUT2D eigenvalue weighted by Gasteiger charge is -2.12. The normalized spacial score (nSPS) is 11.9. The molecule has 6 heteroatoms. The topological polar surface area (TPSA) is 21.3 Å². The van der Waals surface area contributed by atoms with Gasteiger partial charge in [-0.3, -0.25) is 0 Å². The molecule has 0 saturated carbocycles. The van der Waals surface area contributed by atoms with Gasteiger partial charge in [0, 0.05) is 6.54 Å². The minimum absolute atomic E-state index is 0.0478. The fourth-order valence-corrected chi connectivity index (χ4v) is 1.69. The Morgan fingerprint density at radius 1 is 1.32 bits per heavy atom. The number of rotatable bonds is 6. The Kier molecular flexibility index (Phi) is 5.94. The van der Waals surface area contributed by atoms with Crippen LogP contribution in [0.25, 0.3) is 0 Å². The molecule has 0 heterocycles. The van der Waals surface area contributed by atoms with Gasteiger partial charge < -0.3 is 10.1 Å². The monoisotopic (exact) mass is 295 g/mol. The maximum atomic E-state index is 12.0. The van der Waals surface area contributed by atoms with Crippen molar-refractivity contribution < 1.29 is 17.9 Å². The lowest BCUT2D eigenvalue weighted by Crippen LogP contribution is -2.20. The first kappa shape index (κ1) is 16.1. The molecule has 1 aromatic carbocycles. The summed E-state index contributed by atoms with van der Waals surface area (Å²) in [5, 5.41) is 3.41. The minimum Gasteiger partial charge on any atom is -0.483 e. The standard InChI is InChI=1S/C13H17ClF3NO/c1-9(2)6-18-7-10-3-4-12(11(14)5-10)19-8-13(15,16)17/h3-5,9,18H,6-8H2,1-2H3. The molecule has 0 spiro atoms. The molecule has 0 bridgehead atoms. The fourth-order valence-electron chi connectivity index (χ4n) is 1.44. The Labute approximate surface area is 115 Å². The van der Waals surface area contributed by atoms with E-state index in [1.165, 1.54) is 6.07 Å². The number of nitrogens with one attached hydrogen (secondary N) is 1. The van der Waals surface area contributed by atoms with E-state index in [0.717, 1.165) is 12.1 Å². The first-order valence-corrected chi connectivity index (χ1v) is 6.34. The summed E-state index contributed by atoms with van der Waals surface area (Å²) < 4.78 is 40.7. The number of hydrogen-bond acceptors (Lipinski definition) is 2. The molecule has 1 aromatic rings. The first-order valence-electron chi connectivity index (χ1n) is 5.96. The summed E-state index contributed by atoms with van der Waals surface area (Å²) in [6.45, 7) is 4.33. The predicted molar refractivity (Wildman–Crippen MR) is 69.5 cm³/mol. The quantitative estimate of drug-likeness (QED) is 0.855. The van der Waals surface area contributed by atoms with Crippen molar-refractivity contribution in [2.75, 3.05) is 13.2 Å². The van der Waals surface area contributed by atoms with Crippen LogP contribution in [-0.4, -0.2) is 19.3 Å². The first-order chi connectivity index (χ1) is 8.78. The van der Waals surface area contributed by atoms with Gasteiger partial charge in [-0.05, 0) is 30.2 Å². The van der Waals surface area contributed by atoms with E-state index in [1.807, 2.05) is 0 Å². The zero-order chi connectivity index (χ0) is 14.5. The molecular weight excluding hydrogens is 279 g/mol. The van der Waals surface area contributed by atoms with Crippen molar-refractivity contribution >= 4 is 11.6 Å². The lowest BCUT2D eigenvalue weighted by atomic mass is 10.2. The van der Waals surface area contributed by atoms with E-state index < -0.39 is 12.8 Å².